The summed E-state index contributed by atoms with van der Waals surface area (Å²) in [5.41, 5.74) is 0. The lowest BCUT2D eigenvalue weighted by Gasteiger charge is -2.24. The van der Waals surface area contributed by atoms with Gasteiger partial charge in [0.05, 0.1) is 19.4 Å². The molecule has 0 amide bonds. The van der Waals surface area contributed by atoms with Gasteiger partial charge in [-0.15, -0.1) is 0 Å². The molecule has 0 aromatic carbocycles. The zero-order valence-corrected chi connectivity index (χ0v) is 9.51. The van der Waals surface area contributed by atoms with Crippen molar-refractivity contribution in [1.82, 2.24) is 0 Å². The summed E-state index contributed by atoms with van der Waals surface area (Å²) in [6.07, 6.45) is 1.52. The fraction of sp³-hybridized carbons (Fsp3) is 1.00. The molecule has 1 aliphatic rings. The van der Waals surface area contributed by atoms with Crippen LogP contribution in [0.2, 0.25) is 0 Å². The Kier molecular flexibility index (Phi) is 3.81. The van der Waals surface area contributed by atoms with Crippen LogP contribution in [0.5, 0.6) is 0 Å². The minimum absolute atomic E-state index is 0.475. The van der Waals surface area contributed by atoms with E-state index in [1.54, 1.807) is 0 Å². The summed E-state index contributed by atoms with van der Waals surface area (Å²) >= 11 is 2.30. The Bertz CT molecular complexity index is 161. The van der Waals surface area contributed by atoms with Crippen molar-refractivity contribution >= 4 is 30.2 Å². The van der Waals surface area contributed by atoms with Crippen LogP contribution < -0.4 is 0 Å². The molecule has 1 aliphatic heterocycles. The van der Waals surface area contributed by atoms with Gasteiger partial charge in [-0.1, -0.05) is 22.6 Å². The number of rotatable bonds is 2. The molecular weight excluding hydrogens is 278 g/mol. The fourth-order valence-electron chi connectivity index (χ4n) is 0.939. The molecule has 2 atom stereocenters. The van der Waals surface area contributed by atoms with Gasteiger partial charge in [-0.25, -0.2) is 0 Å². The van der Waals surface area contributed by atoms with E-state index in [0.717, 1.165) is 6.42 Å². The maximum atomic E-state index is 11.5. The Balaban J connectivity index is 2.42. The highest BCUT2D eigenvalue weighted by atomic mass is 127. The van der Waals surface area contributed by atoms with Gasteiger partial charge >= 0.3 is 7.60 Å². The minimum Gasteiger partial charge on any atom is -0.309 e. The minimum atomic E-state index is -2.66. The van der Waals surface area contributed by atoms with Crippen LogP contribution in [0.15, 0.2) is 0 Å². The molecule has 3 nitrogen and oxygen atoms in total. The van der Waals surface area contributed by atoms with Crippen molar-refractivity contribution in [2.75, 3.05) is 19.4 Å². The van der Waals surface area contributed by atoms with E-state index >= 15 is 0 Å². The summed E-state index contributed by atoms with van der Waals surface area (Å²) in [7, 11) is -2.66. The predicted octanol–water partition coefficient (Wildman–Crippen LogP) is 2.44. The topological polar surface area (TPSA) is 35.5 Å². The third kappa shape index (κ3) is 3.01. The van der Waals surface area contributed by atoms with Crippen molar-refractivity contribution in [3.05, 3.63) is 0 Å². The quantitative estimate of drug-likeness (QED) is 0.445. The number of halogens is 1. The SMILES string of the molecule is CCOP1(=O)CCC(I)CO1. The summed E-state index contributed by atoms with van der Waals surface area (Å²) in [5.74, 6) is 0. The Morgan fingerprint density at radius 1 is 1.82 bits per heavy atom. The average Bonchev–Trinajstić information content (AvgIpc) is 1.97. The lowest BCUT2D eigenvalue weighted by Crippen LogP contribution is -2.17. The highest BCUT2D eigenvalue weighted by molar-refractivity contribution is 14.1. The maximum absolute atomic E-state index is 11.5. The van der Waals surface area contributed by atoms with Gasteiger partial charge < -0.3 is 9.05 Å². The molecule has 2 unspecified atom stereocenters. The molecule has 5 heteroatoms. The van der Waals surface area contributed by atoms with E-state index in [-0.39, 0.29) is 0 Å². The largest absolute Gasteiger partial charge is 0.330 e. The van der Waals surface area contributed by atoms with Crippen molar-refractivity contribution < 1.29 is 13.6 Å². The van der Waals surface area contributed by atoms with E-state index in [1.807, 2.05) is 6.92 Å². The van der Waals surface area contributed by atoms with Crippen LogP contribution in [0.4, 0.5) is 0 Å². The molecule has 0 radical (unpaired) electrons. The molecule has 0 aliphatic carbocycles. The van der Waals surface area contributed by atoms with Crippen LogP contribution in [0.25, 0.3) is 0 Å². The first-order valence-corrected chi connectivity index (χ1v) is 6.66. The summed E-state index contributed by atoms with van der Waals surface area (Å²) in [4.78, 5) is 0. The summed E-state index contributed by atoms with van der Waals surface area (Å²) in [5, 5.41) is 0. The van der Waals surface area contributed by atoms with Crippen LogP contribution >= 0.6 is 30.2 Å². The van der Waals surface area contributed by atoms with Crippen LogP contribution in [0, 0.1) is 0 Å². The van der Waals surface area contributed by atoms with Gasteiger partial charge in [-0.2, -0.15) is 0 Å². The van der Waals surface area contributed by atoms with E-state index in [4.69, 9.17) is 9.05 Å². The molecule has 1 fully saturated rings. The lowest BCUT2D eigenvalue weighted by molar-refractivity contribution is 0.200. The van der Waals surface area contributed by atoms with E-state index in [0.29, 0.717) is 23.3 Å². The van der Waals surface area contributed by atoms with E-state index < -0.39 is 7.60 Å². The Hall–Kier alpha value is 0.880. The average molecular weight is 290 g/mol. The third-order valence-electron chi connectivity index (χ3n) is 1.49. The second-order valence-electron chi connectivity index (χ2n) is 2.43. The highest BCUT2D eigenvalue weighted by Crippen LogP contribution is 2.52. The van der Waals surface area contributed by atoms with Gasteiger partial charge in [0.1, 0.15) is 0 Å². The van der Waals surface area contributed by atoms with E-state index in [1.165, 1.54) is 0 Å². The van der Waals surface area contributed by atoms with Crippen molar-refractivity contribution in [1.29, 1.82) is 0 Å². The van der Waals surface area contributed by atoms with Gasteiger partial charge in [0.2, 0.25) is 0 Å². The molecule has 1 rings (SSSR count). The molecule has 66 valence electrons. The summed E-state index contributed by atoms with van der Waals surface area (Å²) in [6.45, 7) is 2.88. The molecule has 1 saturated heterocycles. The van der Waals surface area contributed by atoms with E-state index in [2.05, 4.69) is 22.6 Å². The number of hydrogen-bond donors (Lipinski definition) is 0. The monoisotopic (exact) mass is 290 g/mol. The number of alkyl halides is 1. The zero-order chi connectivity index (χ0) is 8.32. The van der Waals surface area contributed by atoms with Crippen LogP contribution in [-0.2, 0) is 13.6 Å². The molecule has 11 heavy (non-hydrogen) atoms. The first-order chi connectivity index (χ1) is 5.16. The smallest absolute Gasteiger partial charge is 0.309 e. The van der Waals surface area contributed by atoms with Gasteiger partial charge in [-0.05, 0) is 13.3 Å². The molecule has 0 bridgehead atoms. The standard InChI is InChI=1S/C6H12IO3P/c1-2-9-11(8)4-3-6(7)5-10-11/h6H,2-5H2,1H3. The molecule has 1 heterocycles. The lowest BCUT2D eigenvalue weighted by atomic mass is 10.4. The maximum Gasteiger partial charge on any atom is 0.330 e. The summed E-state index contributed by atoms with van der Waals surface area (Å²) < 4.78 is 22.2. The predicted molar refractivity (Wildman–Crippen MR) is 52.5 cm³/mol. The number of hydrogen-bond acceptors (Lipinski definition) is 3. The van der Waals surface area contributed by atoms with Crippen molar-refractivity contribution in [2.24, 2.45) is 0 Å². The second-order valence-corrected chi connectivity index (χ2v) is 6.38. The Labute approximate surface area is 80.5 Å². The van der Waals surface area contributed by atoms with Gasteiger partial charge in [0, 0.05) is 3.92 Å². The Morgan fingerprint density at radius 2 is 2.55 bits per heavy atom. The van der Waals surface area contributed by atoms with Crippen LogP contribution in [-0.4, -0.2) is 23.3 Å². The molecule has 0 aromatic heterocycles. The van der Waals surface area contributed by atoms with Crippen molar-refractivity contribution in [2.45, 2.75) is 17.3 Å². The van der Waals surface area contributed by atoms with Gasteiger partial charge in [-0.3, -0.25) is 4.57 Å². The molecule has 0 aromatic rings. The van der Waals surface area contributed by atoms with Crippen molar-refractivity contribution in [3.8, 4) is 0 Å². The molecule has 0 N–H and O–H groups in total. The van der Waals surface area contributed by atoms with Crippen molar-refractivity contribution in [3.63, 3.8) is 0 Å². The van der Waals surface area contributed by atoms with Crippen LogP contribution in [0.3, 0.4) is 0 Å². The first-order valence-electron chi connectivity index (χ1n) is 3.68. The van der Waals surface area contributed by atoms with E-state index in [9.17, 15) is 4.57 Å². The first kappa shape index (κ1) is 9.96. The van der Waals surface area contributed by atoms with Crippen LogP contribution in [0.1, 0.15) is 13.3 Å². The second kappa shape index (κ2) is 4.21. The fourth-order valence-corrected chi connectivity index (χ4v) is 3.97. The Morgan fingerprint density at radius 3 is 3.00 bits per heavy atom. The highest BCUT2D eigenvalue weighted by Gasteiger charge is 2.30. The molecule has 0 saturated carbocycles. The van der Waals surface area contributed by atoms with Gasteiger partial charge in [0.25, 0.3) is 0 Å². The normalized spacial score (nSPS) is 38.9. The summed E-state index contributed by atoms with van der Waals surface area (Å²) in [6, 6.07) is 0. The molecule has 0 spiro atoms. The molecular formula is C6H12IO3P. The third-order valence-corrected chi connectivity index (χ3v) is 4.48. The van der Waals surface area contributed by atoms with Gasteiger partial charge in [0.15, 0.2) is 0 Å². The zero-order valence-electron chi connectivity index (χ0n) is 6.46.